The van der Waals surface area contributed by atoms with Gasteiger partial charge in [0.05, 0.1) is 17.6 Å². The van der Waals surface area contributed by atoms with Gasteiger partial charge in [0.15, 0.2) is 9.84 Å². The number of hydrogen-bond acceptors (Lipinski definition) is 5. The summed E-state index contributed by atoms with van der Waals surface area (Å²) in [5.74, 6) is 0.153. The van der Waals surface area contributed by atoms with E-state index >= 15 is 0 Å². The van der Waals surface area contributed by atoms with Crippen molar-refractivity contribution in [3.8, 4) is 0 Å². The molecule has 0 saturated heterocycles. The molecule has 0 amide bonds. The Hall–Kier alpha value is -0.890. The van der Waals surface area contributed by atoms with Crippen LogP contribution >= 0.6 is 15.9 Å². The zero-order valence-corrected chi connectivity index (χ0v) is 13.4. The third kappa shape index (κ3) is 4.61. The van der Waals surface area contributed by atoms with E-state index in [1.807, 2.05) is 6.92 Å². The van der Waals surface area contributed by atoms with Gasteiger partial charge in [0, 0.05) is 18.8 Å². The molecule has 1 heterocycles. The van der Waals surface area contributed by atoms with Crippen LogP contribution in [0.5, 0.6) is 0 Å². The molecular weight excluding hydrogens is 334 g/mol. The van der Waals surface area contributed by atoms with Gasteiger partial charge in [0.1, 0.15) is 4.47 Å². The predicted molar refractivity (Wildman–Crippen MR) is 79.3 cm³/mol. The second-order valence-electron chi connectivity index (χ2n) is 4.06. The first-order chi connectivity index (χ1) is 8.91. The second kappa shape index (κ2) is 7.04. The fourth-order valence-corrected chi connectivity index (χ4v) is 2.59. The fraction of sp³-hybridized carbons (Fsp3) is 0.636. The van der Waals surface area contributed by atoms with Crippen LogP contribution in [0.25, 0.3) is 0 Å². The lowest BCUT2D eigenvalue weighted by Gasteiger charge is -2.09. The summed E-state index contributed by atoms with van der Waals surface area (Å²) in [7, 11) is -3.01. The van der Waals surface area contributed by atoms with Crippen molar-refractivity contribution in [1.29, 1.82) is 0 Å². The van der Waals surface area contributed by atoms with Crippen molar-refractivity contribution in [2.24, 2.45) is 0 Å². The van der Waals surface area contributed by atoms with Crippen molar-refractivity contribution >= 4 is 31.5 Å². The summed E-state index contributed by atoms with van der Waals surface area (Å²) in [5.41, 5.74) is 0.300. The molecule has 1 rings (SSSR count). The van der Waals surface area contributed by atoms with Crippen LogP contribution in [0.3, 0.4) is 0 Å². The van der Waals surface area contributed by atoms with Crippen LogP contribution in [0.15, 0.2) is 15.5 Å². The van der Waals surface area contributed by atoms with Gasteiger partial charge in [0.25, 0.3) is 5.56 Å². The number of nitrogens with one attached hydrogen (secondary N) is 1. The molecule has 0 aliphatic rings. The molecule has 0 fully saturated rings. The maximum atomic E-state index is 11.9. The summed E-state index contributed by atoms with van der Waals surface area (Å²) in [4.78, 5) is 11.9. The maximum Gasteiger partial charge on any atom is 0.283 e. The molecule has 0 bridgehead atoms. The van der Waals surface area contributed by atoms with E-state index in [1.54, 1.807) is 6.92 Å². The van der Waals surface area contributed by atoms with Crippen LogP contribution in [0, 0.1) is 0 Å². The van der Waals surface area contributed by atoms with Gasteiger partial charge >= 0.3 is 0 Å². The molecule has 0 spiro atoms. The number of anilines is 1. The minimum atomic E-state index is -3.01. The van der Waals surface area contributed by atoms with Crippen molar-refractivity contribution in [3.05, 3.63) is 21.0 Å². The number of nitrogens with zero attached hydrogens (tertiary/aromatic N) is 2. The minimum Gasteiger partial charge on any atom is -0.382 e. The Labute approximate surface area is 121 Å². The van der Waals surface area contributed by atoms with E-state index in [9.17, 15) is 13.2 Å². The maximum absolute atomic E-state index is 11.9. The van der Waals surface area contributed by atoms with Crippen molar-refractivity contribution < 1.29 is 8.42 Å². The fourth-order valence-electron chi connectivity index (χ4n) is 1.44. The van der Waals surface area contributed by atoms with E-state index in [1.165, 1.54) is 10.9 Å². The van der Waals surface area contributed by atoms with Gasteiger partial charge in [0.2, 0.25) is 0 Å². The van der Waals surface area contributed by atoms with Gasteiger partial charge in [-0.3, -0.25) is 4.79 Å². The highest BCUT2D eigenvalue weighted by Gasteiger charge is 2.10. The average molecular weight is 352 g/mol. The first kappa shape index (κ1) is 16.2. The zero-order chi connectivity index (χ0) is 14.5. The van der Waals surface area contributed by atoms with Crippen LogP contribution in [0.1, 0.15) is 20.3 Å². The molecular formula is C11H18BrN3O3S. The molecule has 0 aromatic carbocycles. The Morgan fingerprint density at radius 1 is 1.42 bits per heavy atom. The van der Waals surface area contributed by atoms with Crippen LogP contribution in [0.4, 0.5) is 5.69 Å². The first-order valence-electron chi connectivity index (χ1n) is 6.11. The van der Waals surface area contributed by atoms with Gasteiger partial charge in [-0.15, -0.1) is 0 Å². The lowest BCUT2D eigenvalue weighted by atomic mass is 10.4. The Morgan fingerprint density at radius 3 is 2.68 bits per heavy atom. The monoisotopic (exact) mass is 351 g/mol. The molecule has 0 unspecified atom stereocenters. The van der Waals surface area contributed by atoms with E-state index in [-0.39, 0.29) is 23.6 Å². The highest BCUT2D eigenvalue weighted by atomic mass is 79.9. The van der Waals surface area contributed by atoms with Gasteiger partial charge in [-0.1, -0.05) is 13.8 Å². The standard InChI is InChI=1S/C11H18BrN3O3S/c1-3-6-15-11(16)10(12)9(8-14-15)13-5-7-19(17,18)4-2/h8,13H,3-7H2,1-2H3. The van der Waals surface area contributed by atoms with Crippen LogP contribution in [-0.2, 0) is 16.4 Å². The minimum absolute atomic E-state index is 0.0357. The molecule has 19 heavy (non-hydrogen) atoms. The van der Waals surface area contributed by atoms with E-state index in [0.29, 0.717) is 16.7 Å². The SMILES string of the molecule is CCCn1ncc(NCCS(=O)(=O)CC)c(Br)c1=O. The molecule has 6 nitrogen and oxygen atoms in total. The summed E-state index contributed by atoms with van der Waals surface area (Å²) in [6, 6.07) is 0. The van der Waals surface area contributed by atoms with Crippen molar-refractivity contribution in [1.82, 2.24) is 9.78 Å². The number of aromatic nitrogens is 2. The van der Waals surface area contributed by atoms with E-state index in [0.717, 1.165) is 6.42 Å². The van der Waals surface area contributed by atoms with Crippen LogP contribution in [-0.4, -0.2) is 36.2 Å². The zero-order valence-electron chi connectivity index (χ0n) is 11.0. The smallest absolute Gasteiger partial charge is 0.283 e. The van der Waals surface area contributed by atoms with E-state index in [2.05, 4.69) is 26.3 Å². The normalized spacial score (nSPS) is 11.5. The van der Waals surface area contributed by atoms with Crippen molar-refractivity contribution in [3.63, 3.8) is 0 Å². The summed E-state index contributed by atoms with van der Waals surface area (Å²) in [5, 5.41) is 6.94. The lowest BCUT2D eigenvalue weighted by Crippen LogP contribution is -2.25. The molecule has 1 N–H and O–H groups in total. The van der Waals surface area contributed by atoms with Gasteiger partial charge in [-0.05, 0) is 22.4 Å². The number of hydrogen-bond donors (Lipinski definition) is 1. The second-order valence-corrected chi connectivity index (χ2v) is 7.33. The average Bonchev–Trinajstić information content (AvgIpc) is 2.38. The number of sulfone groups is 1. The molecule has 108 valence electrons. The topological polar surface area (TPSA) is 81.1 Å². The largest absolute Gasteiger partial charge is 0.382 e. The predicted octanol–water partition coefficient (Wildman–Crippen LogP) is 1.26. The Kier molecular flexibility index (Phi) is 5.99. The first-order valence-corrected chi connectivity index (χ1v) is 8.72. The number of aryl methyl sites for hydroxylation is 1. The van der Waals surface area contributed by atoms with Crippen molar-refractivity contribution in [2.45, 2.75) is 26.8 Å². The van der Waals surface area contributed by atoms with E-state index < -0.39 is 9.84 Å². The molecule has 0 aliphatic heterocycles. The van der Waals surface area contributed by atoms with Gasteiger partial charge in [-0.25, -0.2) is 13.1 Å². The quantitative estimate of drug-likeness (QED) is 0.799. The Balaban J connectivity index is 2.76. The third-order valence-electron chi connectivity index (χ3n) is 2.59. The van der Waals surface area contributed by atoms with Gasteiger partial charge in [-0.2, -0.15) is 5.10 Å². The highest BCUT2D eigenvalue weighted by Crippen LogP contribution is 2.15. The molecule has 0 saturated carbocycles. The molecule has 1 aromatic heterocycles. The molecule has 1 aromatic rings. The van der Waals surface area contributed by atoms with Crippen LogP contribution < -0.4 is 10.9 Å². The summed E-state index contributed by atoms with van der Waals surface area (Å²) in [6.07, 6.45) is 2.35. The highest BCUT2D eigenvalue weighted by molar-refractivity contribution is 9.10. The molecule has 8 heteroatoms. The summed E-state index contributed by atoms with van der Waals surface area (Å²) >= 11 is 3.21. The van der Waals surface area contributed by atoms with Crippen LogP contribution in [0.2, 0.25) is 0 Å². The summed E-state index contributed by atoms with van der Waals surface area (Å²) < 4.78 is 24.4. The van der Waals surface area contributed by atoms with Crippen molar-refractivity contribution in [2.75, 3.05) is 23.4 Å². The Bertz CT molecular complexity index is 583. The van der Waals surface area contributed by atoms with Gasteiger partial charge < -0.3 is 5.32 Å². The number of halogens is 1. The molecule has 0 atom stereocenters. The lowest BCUT2D eigenvalue weighted by molar-refractivity contribution is 0.566. The molecule has 0 aliphatic carbocycles. The Morgan fingerprint density at radius 2 is 2.11 bits per heavy atom. The number of rotatable bonds is 7. The molecule has 0 radical (unpaired) electrons. The van der Waals surface area contributed by atoms with E-state index in [4.69, 9.17) is 0 Å². The summed E-state index contributed by atoms with van der Waals surface area (Å²) in [6.45, 7) is 4.39. The third-order valence-corrected chi connectivity index (χ3v) is 5.06.